The fourth-order valence-electron chi connectivity index (χ4n) is 3.48. The molecule has 0 radical (unpaired) electrons. The van der Waals surface area contributed by atoms with Crippen molar-refractivity contribution in [2.24, 2.45) is 0 Å². The van der Waals surface area contributed by atoms with Crippen LogP contribution in [-0.4, -0.2) is 36.5 Å². The lowest BCUT2D eigenvalue weighted by Crippen LogP contribution is -2.27. The Morgan fingerprint density at radius 3 is 2.47 bits per heavy atom. The fourth-order valence-corrected chi connectivity index (χ4v) is 5.07. The largest absolute Gasteiger partial charge is 0.497 e. The zero-order chi connectivity index (χ0) is 27.2. The number of nitrogens with zero attached hydrogens (tertiary/aromatic N) is 1. The first kappa shape index (κ1) is 27.8. The van der Waals surface area contributed by atoms with Gasteiger partial charge in [0.05, 0.1) is 34.4 Å². The molecule has 1 saturated heterocycles. The van der Waals surface area contributed by atoms with Crippen LogP contribution in [0.1, 0.15) is 12.5 Å². The lowest BCUT2D eigenvalue weighted by atomic mass is 10.1. The van der Waals surface area contributed by atoms with E-state index >= 15 is 0 Å². The molecule has 1 aliphatic rings. The lowest BCUT2D eigenvalue weighted by molar-refractivity contribution is -0.118. The third kappa shape index (κ3) is 6.60. The van der Waals surface area contributed by atoms with E-state index in [2.05, 4.69) is 5.32 Å². The monoisotopic (exact) mass is 588 g/mol. The highest BCUT2D eigenvalue weighted by molar-refractivity contribution is 8.27. The zero-order valence-corrected chi connectivity index (χ0v) is 23.5. The Morgan fingerprint density at radius 2 is 1.79 bits per heavy atom. The first-order valence-electron chi connectivity index (χ1n) is 11.4. The minimum absolute atomic E-state index is 0.215. The number of thioether (sulfide) groups is 1. The Balaban J connectivity index is 1.46. The van der Waals surface area contributed by atoms with Gasteiger partial charge in [0.15, 0.2) is 22.4 Å². The summed E-state index contributed by atoms with van der Waals surface area (Å²) >= 11 is 18.7. The Kier molecular flexibility index (Phi) is 9.17. The first-order chi connectivity index (χ1) is 18.3. The number of thiocarbonyl (C=S) groups is 1. The molecule has 3 aromatic rings. The highest BCUT2D eigenvalue weighted by Crippen LogP contribution is 2.39. The van der Waals surface area contributed by atoms with Crippen LogP contribution in [0.15, 0.2) is 65.6 Å². The summed E-state index contributed by atoms with van der Waals surface area (Å²) in [4.78, 5) is 27.3. The summed E-state index contributed by atoms with van der Waals surface area (Å²) < 4.78 is 16.9. The molecule has 4 rings (SSSR count). The Labute approximate surface area is 239 Å². The SMILES string of the molecule is CCOc1cc(/C=C2\SC(=S)N(c3ccc(Cl)c(Cl)c3)C2=O)ccc1OCC(=O)Nc1ccc(OC)cc1. The second-order valence-electron chi connectivity index (χ2n) is 7.82. The van der Waals surface area contributed by atoms with Crippen molar-refractivity contribution in [3.8, 4) is 17.2 Å². The third-order valence-corrected chi connectivity index (χ3v) is 7.29. The van der Waals surface area contributed by atoms with Gasteiger partial charge in [-0.3, -0.25) is 14.5 Å². The van der Waals surface area contributed by atoms with Gasteiger partial charge in [-0.05, 0) is 73.2 Å². The smallest absolute Gasteiger partial charge is 0.270 e. The van der Waals surface area contributed by atoms with E-state index < -0.39 is 0 Å². The van der Waals surface area contributed by atoms with Crippen LogP contribution in [-0.2, 0) is 9.59 Å². The minimum atomic E-state index is -0.326. The van der Waals surface area contributed by atoms with E-state index in [-0.39, 0.29) is 18.4 Å². The van der Waals surface area contributed by atoms with Gasteiger partial charge in [-0.2, -0.15) is 0 Å². The molecule has 0 unspecified atom stereocenters. The number of nitrogens with one attached hydrogen (secondary N) is 1. The van der Waals surface area contributed by atoms with Gasteiger partial charge in [0.2, 0.25) is 0 Å². The van der Waals surface area contributed by atoms with E-state index in [9.17, 15) is 9.59 Å². The van der Waals surface area contributed by atoms with E-state index in [1.54, 1.807) is 73.8 Å². The molecule has 0 bridgehead atoms. The molecule has 1 heterocycles. The van der Waals surface area contributed by atoms with Crippen molar-refractivity contribution in [3.63, 3.8) is 0 Å². The maximum absolute atomic E-state index is 13.1. The van der Waals surface area contributed by atoms with Crippen LogP contribution in [0.25, 0.3) is 6.08 Å². The van der Waals surface area contributed by atoms with E-state index in [1.807, 2.05) is 6.92 Å². The molecule has 0 aliphatic carbocycles. The number of anilines is 2. The molecule has 2 amide bonds. The van der Waals surface area contributed by atoms with Gasteiger partial charge >= 0.3 is 0 Å². The molecule has 0 atom stereocenters. The molecular formula is C27H22Cl2N2O5S2. The van der Waals surface area contributed by atoms with Gasteiger partial charge in [0, 0.05) is 5.69 Å². The molecule has 38 heavy (non-hydrogen) atoms. The van der Waals surface area contributed by atoms with E-state index in [1.165, 1.54) is 16.7 Å². The number of methoxy groups -OCH3 is 1. The number of rotatable bonds is 9. The molecular weight excluding hydrogens is 567 g/mol. The second-order valence-corrected chi connectivity index (χ2v) is 10.3. The number of amides is 2. The Bertz CT molecular complexity index is 1410. The standard InChI is InChI=1S/C27H22Cl2N2O5S2/c1-3-35-23-12-16(4-11-22(23)36-15-25(32)30-17-5-8-19(34-2)9-6-17)13-24-26(33)31(27(37)38-24)18-7-10-20(28)21(29)14-18/h4-14H,3,15H2,1-2H3,(H,30,32)/b24-13-. The average Bonchev–Trinajstić information content (AvgIpc) is 3.18. The minimum Gasteiger partial charge on any atom is -0.497 e. The molecule has 11 heteroatoms. The normalized spacial score (nSPS) is 14.1. The quantitative estimate of drug-likeness (QED) is 0.217. The first-order valence-corrected chi connectivity index (χ1v) is 13.3. The predicted molar refractivity (Wildman–Crippen MR) is 157 cm³/mol. The number of hydrogen-bond donors (Lipinski definition) is 1. The number of ether oxygens (including phenoxy) is 3. The van der Waals surface area contributed by atoms with Crippen molar-refractivity contribution < 1.29 is 23.8 Å². The van der Waals surface area contributed by atoms with Crippen LogP contribution >= 0.6 is 47.2 Å². The van der Waals surface area contributed by atoms with Gasteiger partial charge in [0.1, 0.15) is 5.75 Å². The molecule has 7 nitrogen and oxygen atoms in total. The molecule has 196 valence electrons. The van der Waals surface area contributed by atoms with E-state index in [4.69, 9.17) is 49.6 Å². The fraction of sp³-hybridized carbons (Fsp3) is 0.148. The molecule has 1 fully saturated rings. The van der Waals surface area contributed by atoms with Gasteiger partial charge < -0.3 is 19.5 Å². The summed E-state index contributed by atoms with van der Waals surface area (Å²) in [5.74, 6) is 0.938. The Hall–Kier alpha value is -3.24. The van der Waals surface area contributed by atoms with Crippen LogP contribution in [0.4, 0.5) is 11.4 Å². The van der Waals surface area contributed by atoms with Gasteiger partial charge in [-0.1, -0.05) is 53.2 Å². The van der Waals surface area contributed by atoms with Crippen molar-refractivity contribution in [1.29, 1.82) is 0 Å². The van der Waals surface area contributed by atoms with Crippen LogP contribution < -0.4 is 24.4 Å². The van der Waals surface area contributed by atoms with E-state index in [0.717, 1.165) is 0 Å². The van der Waals surface area contributed by atoms with Gasteiger partial charge in [0.25, 0.3) is 11.8 Å². The summed E-state index contributed by atoms with van der Waals surface area (Å²) in [7, 11) is 1.57. The third-order valence-electron chi connectivity index (χ3n) is 5.25. The van der Waals surface area contributed by atoms with Crippen LogP contribution in [0.3, 0.4) is 0 Å². The molecule has 3 aromatic carbocycles. The van der Waals surface area contributed by atoms with Crippen molar-refractivity contribution >= 4 is 80.8 Å². The van der Waals surface area contributed by atoms with Crippen LogP contribution in [0, 0.1) is 0 Å². The number of halogens is 2. The van der Waals surface area contributed by atoms with Crippen molar-refractivity contribution in [2.75, 3.05) is 30.5 Å². The maximum atomic E-state index is 13.1. The predicted octanol–water partition coefficient (Wildman–Crippen LogP) is 6.82. The lowest BCUT2D eigenvalue weighted by Gasteiger charge is -2.15. The van der Waals surface area contributed by atoms with E-state index in [0.29, 0.717) is 60.1 Å². The van der Waals surface area contributed by atoms with Crippen LogP contribution in [0.2, 0.25) is 10.0 Å². The number of benzene rings is 3. The highest BCUT2D eigenvalue weighted by Gasteiger charge is 2.33. The molecule has 0 aromatic heterocycles. The molecule has 0 spiro atoms. The Morgan fingerprint density at radius 1 is 1.03 bits per heavy atom. The summed E-state index contributed by atoms with van der Waals surface area (Å²) in [5, 5.41) is 3.48. The molecule has 0 saturated carbocycles. The van der Waals surface area contributed by atoms with Crippen molar-refractivity contribution in [2.45, 2.75) is 6.92 Å². The average molecular weight is 590 g/mol. The molecule has 1 N–H and O–H groups in total. The number of carbonyl (C=O) groups excluding carboxylic acids is 2. The summed E-state index contributed by atoms with van der Waals surface area (Å²) in [6.45, 7) is 2.01. The highest BCUT2D eigenvalue weighted by atomic mass is 35.5. The summed E-state index contributed by atoms with van der Waals surface area (Å²) in [6.07, 6.45) is 1.72. The van der Waals surface area contributed by atoms with Gasteiger partial charge in [-0.25, -0.2) is 0 Å². The zero-order valence-electron chi connectivity index (χ0n) is 20.3. The molecule has 1 aliphatic heterocycles. The van der Waals surface area contributed by atoms with Crippen molar-refractivity contribution in [1.82, 2.24) is 0 Å². The topological polar surface area (TPSA) is 77.1 Å². The maximum Gasteiger partial charge on any atom is 0.270 e. The number of hydrogen-bond acceptors (Lipinski definition) is 7. The van der Waals surface area contributed by atoms with Crippen molar-refractivity contribution in [3.05, 3.63) is 81.2 Å². The second kappa shape index (κ2) is 12.5. The van der Waals surface area contributed by atoms with Crippen LogP contribution in [0.5, 0.6) is 17.2 Å². The summed E-state index contributed by atoms with van der Waals surface area (Å²) in [5.41, 5.74) is 1.87. The van der Waals surface area contributed by atoms with Gasteiger partial charge in [-0.15, -0.1) is 0 Å². The summed E-state index contributed by atoms with van der Waals surface area (Å²) in [6, 6.07) is 17.1. The number of carbonyl (C=O) groups is 2.